The lowest BCUT2D eigenvalue weighted by Crippen LogP contribution is -2.21. The SMILES string of the molecule is COc1ccc(C2CC(=O)Oc3cc(O)c4ccccc4c32)cc1. The third-order valence-corrected chi connectivity index (χ3v) is 4.49. The Kier molecular flexibility index (Phi) is 3.38. The summed E-state index contributed by atoms with van der Waals surface area (Å²) in [6, 6.07) is 16.9. The average Bonchev–Trinajstić information content (AvgIpc) is 2.61. The molecule has 0 amide bonds. The summed E-state index contributed by atoms with van der Waals surface area (Å²) < 4.78 is 10.6. The second-order valence-corrected chi connectivity index (χ2v) is 5.86. The normalized spacial score (nSPS) is 16.5. The van der Waals surface area contributed by atoms with E-state index in [0.717, 1.165) is 27.6 Å². The number of hydrogen-bond donors (Lipinski definition) is 1. The minimum atomic E-state index is -0.294. The first-order valence-electron chi connectivity index (χ1n) is 7.76. The quantitative estimate of drug-likeness (QED) is 0.573. The minimum Gasteiger partial charge on any atom is -0.507 e. The summed E-state index contributed by atoms with van der Waals surface area (Å²) in [4.78, 5) is 12.1. The molecule has 1 atom stereocenters. The molecular formula is C20H16O4. The molecule has 0 saturated heterocycles. The highest BCUT2D eigenvalue weighted by Crippen LogP contribution is 2.45. The van der Waals surface area contributed by atoms with Crippen LogP contribution in [0.2, 0.25) is 0 Å². The van der Waals surface area contributed by atoms with Crippen molar-refractivity contribution in [2.75, 3.05) is 7.11 Å². The van der Waals surface area contributed by atoms with Crippen LogP contribution in [0.15, 0.2) is 54.6 Å². The molecule has 0 aliphatic carbocycles. The summed E-state index contributed by atoms with van der Waals surface area (Å²) in [5.74, 6) is 0.916. The van der Waals surface area contributed by atoms with Gasteiger partial charge in [-0.1, -0.05) is 36.4 Å². The lowest BCUT2D eigenvalue weighted by molar-refractivity contribution is -0.135. The van der Waals surface area contributed by atoms with E-state index in [-0.39, 0.29) is 24.1 Å². The second kappa shape index (κ2) is 5.57. The van der Waals surface area contributed by atoms with Crippen molar-refractivity contribution < 1.29 is 19.4 Å². The molecule has 0 saturated carbocycles. The molecule has 24 heavy (non-hydrogen) atoms. The molecule has 0 fully saturated rings. The van der Waals surface area contributed by atoms with Gasteiger partial charge in [0.15, 0.2) is 0 Å². The molecule has 0 bridgehead atoms. The number of esters is 1. The van der Waals surface area contributed by atoms with Gasteiger partial charge in [-0.05, 0) is 23.1 Å². The fourth-order valence-electron chi connectivity index (χ4n) is 3.35. The highest BCUT2D eigenvalue weighted by Gasteiger charge is 2.31. The van der Waals surface area contributed by atoms with Crippen LogP contribution in [0.4, 0.5) is 0 Å². The van der Waals surface area contributed by atoms with Crippen LogP contribution in [-0.2, 0) is 4.79 Å². The summed E-state index contributed by atoms with van der Waals surface area (Å²) in [6.45, 7) is 0. The number of aromatic hydroxyl groups is 1. The van der Waals surface area contributed by atoms with Gasteiger partial charge in [0.25, 0.3) is 0 Å². The van der Waals surface area contributed by atoms with Gasteiger partial charge in [0.05, 0.1) is 13.5 Å². The molecule has 120 valence electrons. The first kappa shape index (κ1) is 14.6. The van der Waals surface area contributed by atoms with Gasteiger partial charge in [-0.2, -0.15) is 0 Å². The number of carbonyl (C=O) groups excluding carboxylic acids is 1. The van der Waals surface area contributed by atoms with Gasteiger partial charge < -0.3 is 14.6 Å². The zero-order valence-electron chi connectivity index (χ0n) is 13.2. The number of fused-ring (bicyclic) bond motifs is 3. The standard InChI is InChI=1S/C20H16O4/c1-23-13-8-6-12(7-9-13)16-10-19(22)24-18-11-17(21)14-4-2-3-5-15(14)20(16)18/h2-9,11,16,21H,10H2,1H3. The highest BCUT2D eigenvalue weighted by molar-refractivity contribution is 5.96. The monoisotopic (exact) mass is 320 g/mol. The second-order valence-electron chi connectivity index (χ2n) is 5.86. The number of rotatable bonds is 2. The molecule has 1 unspecified atom stereocenters. The van der Waals surface area contributed by atoms with E-state index in [1.807, 2.05) is 48.5 Å². The van der Waals surface area contributed by atoms with Crippen LogP contribution in [0.3, 0.4) is 0 Å². The fourth-order valence-corrected chi connectivity index (χ4v) is 3.35. The number of carbonyl (C=O) groups is 1. The molecule has 0 spiro atoms. The van der Waals surface area contributed by atoms with Gasteiger partial charge in [0.1, 0.15) is 17.2 Å². The van der Waals surface area contributed by atoms with Crippen molar-refractivity contribution in [2.24, 2.45) is 0 Å². The third-order valence-electron chi connectivity index (χ3n) is 4.49. The van der Waals surface area contributed by atoms with Crippen molar-refractivity contribution in [3.63, 3.8) is 0 Å². The number of methoxy groups -OCH3 is 1. The Morgan fingerprint density at radius 3 is 2.50 bits per heavy atom. The molecule has 0 aromatic heterocycles. The predicted octanol–water partition coefficient (Wildman–Crippen LogP) is 4.00. The van der Waals surface area contributed by atoms with E-state index >= 15 is 0 Å². The summed E-state index contributed by atoms with van der Waals surface area (Å²) in [5.41, 5.74) is 1.96. The van der Waals surface area contributed by atoms with E-state index in [2.05, 4.69) is 0 Å². The smallest absolute Gasteiger partial charge is 0.312 e. The minimum absolute atomic E-state index is 0.113. The Morgan fingerprint density at radius 1 is 1.08 bits per heavy atom. The van der Waals surface area contributed by atoms with E-state index in [0.29, 0.717) is 5.75 Å². The zero-order chi connectivity index (χ0) is 16.7. The van der Waals surface area contributed by atoms with Gasteiger partial charge in [-0.25, -0.2) is 0 Å². The van der Waals surface area contributed by atoms with E-state index in [4.69, 9.17) is 9.47 Å². The number of phenolic OH excluding ortho intramolecular Hbond substituents is 1. The van der Waals surface area contributed by atoms with Crippen molar-refractivity contribution in [1.82, 2.24) is 0 Å². The molecule has 1 heterocycles. The molecule has 0 radical (unpaired) electrons. The van der Waals surface area contributed by atoms with Gasteiger partial charge in [-0.3, -0.25) is 4.79 Å². The molecule has 3 aromatic rings. The van der Waals surface area contributed by atoms with E-state index < -0.39 is 0 Å². The summed E-state index contributed by atoms with van der Waals surface area (Å²) >= 11 is 0. The molecule has 1 aliphatic rings. The van der Waals surface area contributed by atoms with Gasteiger partial charge in [0, 0.05) is 22.9 Å². The van der Waals surface area contributed by atoms with Crippen LogP contribution in [0, 0.1) is 0 Å². The molecule has 1 N–H and O–H groups in total. The van der Waals surface area contributed by atoms with Crippen LogP contribution in [-0.4, -0.2) is 18.2 Å². The number of hydrogen-bond acceptors (Lipinski definition) is 4. The lowest BCUT2D eigenvalue weighted by Gasteiger charge is -2.27. The number of ether oxygens (including phenoxy) is 2. The van der Waals surface area contributed by atoms with Crippen molar-refractivity contribution >= 4 is 16.7 Å². The van der Waals surface area contributed by atoms with E-state index in [9.17, 15) is 9.90 Å². The Bertz CT molecular complexity index is 928. The zero-order valence-corrected chi connectivity index (χ0v) is 13.2. The van der Waals surface area contributed by atoms with Crippen LogP contribution >= 0.6 is 0 Å². The Morgan fingerprint density at radius 2 is 1.79 bits per heavy atom. The maximum atomic E-state index is 12.1. The topological polar surface area (TPSA) is 55.8 Å². The molecule has 4 nitrogen and oxygen atoms in total. The Labute approximate surface area is 139 Å². The van der Waals surface area contributed by atoms with Crippen LogP contribution in [0.5, 0.6) is 17.2 Å². The maximum absolute atomic E-state index is 12.1. The highest BCUT2D eigenvalue weighted by atomic mass is 16.5. The molecular weight excluding hydrogens is 304 g/mol. The van der Waals surface area contributed by atoms with Crippen molar-refractivity contribution in [1.29, 1.82) is 0 Å². The fraction of sp³-hybridized carbons (Fsp3) is 0.150. The molecule has 3 aromatic carbocycles. The molecule has 4 heteroatoms. The summed E-state index contributed by atoms with van der Waals surface area (Å²) in [5, 5.41) is 11.9. The van der Waals surface area contributed by atoms with Gasteiger partial charge in [0.2, 0.25) is 0 Å². The van der Waals surface area contributed by atoms with E-state index in [1.165, 1.54) is 6.07 Å². The molecule has 1 aliphatic heterocycles. The largest absolute Gasteiger partial charge is 0.507 e. The average molecular weight is 320 g/mol. The van der Waals surface area contributed by atoms with Crippen molar-refractivity contribution in [3.8, 4) is 17.2 Å². The van der Waals surface area contributed by atoms with Crippen LogP contribution < -0.4 is 9.47 Å². The van der Waals surface area contributed by atoms with Crippen molar-refractivity contribution in [2.45, 2.75) is 12.3 Å². The van der Waals surface area contributed by atoms with Crippen LogP contribution in [0.1, 0.15) is 23.5 Å². The van der Waals surface area contributed by atoms with Gasteiger partial charge in [-0.15, -0.1) is 0 Å². The first-order valence-corrected chi connectivity index (χ1v) is 7.76. The van der Waals surface area contributed by atoms with E-state index in [1.54, 1.807) is 7.11 Å². The third kappa shape index (κ3) is 2.27. The first-order chi connectivity index (χ1) is 11.7. The summed E-state index contributed by atoms with van der Waals surface area (Å²) in [6.07, 6.45) is 0.272. The molecule has 4 rings (SSSR count). The lowest BCUT2D eigenvalue weighted by atomic mass is 9.83. The maximum Gasteiger partial charge on any atom is 0.312 e. The number of phenols is 1. The Hall–Kier alpha value is -3.01. The van der Waals surface area contributed by atoms with Crippen LogP contribution in [0.25, 0.3) is 10.8 Å². The van der Waals surface area contributed by atoms with Crippen molar-refractivity contribution in [3.05, 3.63) is 65.7 Å². The summed E-state index contributed by atoms with van der Waals surface area (Å²) in [7, 11) is 1.62. The predicted molar refractivity (Wildman–Crippen MR) is 90.7 cm³/mol. The van der Waals surface area contributed by atoms with Gasteiger partial charge >= 0.3 is 5.97 Å². The number of benzene rings is 3. The Balaban J connectivity index is 1.95.